The molecular weight excluding hydrogens is 424 g/mol. The number of rotatable bonds is 7. The molecule has 4 rings (SSSR count). The summed E-state index contributed by atoms with van der Waals surface area (Å²) in [5, 5.41) is 3.14. The molecule has 0 aliphatic carbocycles. The first-order valence-corrected chi connectivity index (χ1v) is 10.3. The van der Waals surface area contributed by atoms with Gasteiger partial charge in [0.2, 0.25) is 0 Å². The number of fused-ring (bicyclic) bond motifs is 1. The van der Waals surface area contributed by atoms with Gasteiger partial charge in [-0.25, -0.2) is 4.98 Å². The van der Waals surface area contributed by atoms with E-state index in [-0.39, 0.29) is 17.0 Å². The van der Waals surface area contributed by atoms with Crippen molar-refractivity contribution in [1.82, 2.24) is 14.3 Å². The number of anilines is 1. The number of thioether (sulfide) groups is 1. The largest absolute Gasteiger partial charge is 0.467 e. The molecule has 0 unspecified atom stereocenters. The highest BCUT2D eigenvalue weighted by Crippen LogP contribution is 2.32. The van der Waals surface area contributed by atoms with E-state index in [1.165, 1.54) is 9.30 Å². The first-order chi connectivity index (χ1) is 14.6. The standard InChI is InChI=1S/C20H18N4O4S2/c1-27-10-8-24-19(26)15(30-20(24)29)11-14-17(21-12-13-5-4-9-28-13)22-16-6-2-3-7-23(16)18(14)25/h2-7,9,11,21H,8,10,12H2,1H3. The molecular formula is C20H18N4O4S2. The van der Waals surface area contributed by atoms with Crippen molar-refractivity contribution < 1.29 is 13.9 Å². The van der Waals surface area contributed by atoms with Gasteiger partial charge in [0.15, 0.2) is 0 Å². The van der Waals surface area contributed by atoms with Gasteiger partial charge in [-0.1, -0.05) is 30.0 Å². The van der Waals surface area contributed by atoms with Crippen LogP contribution >= 0.6 is 24.0 Å². The molecule has 154 valence electrons. The third-order valence-electron chi connectivity index (χ3n) is 4.45. The molecule has 1 fully saturated rings. The Hall–Kier alpha value is -2.95. The van der Waals surface area contributed by atoms with Gasteiger partial charge in [0.1, 0.15) is 21.5 Å². The Morgan fingerprint density at radius 1 is 1.30 bits per heavy atom. The number of carbonyl (C=O) groups excluding carboxylic acids is 1. The van der Waals surface area contributed by atoms with E-state index in [0.717, 1.165) is 11.8 Å². The van der Waals surface area contributed by atoms with E-state index in [0.29, 0.717) is 46.1 Å². The van der Waals surface area contributed by atoms with Crippen LogP contribution in [0.3, 0.4) is 0 Å². The predicted octanol–water partition coefficient (Wildman–Crippen LogP) is 2.75. The first-order valence-electron chi connectivity index (χ1n) is 9.10. The van der Waals surface area contributed by atoms with Crippen LogP contribution in [-0.2, 0) is 16.1 Å². The molecule has 3 aromatic rings. The van der Waals surface area contributed by atoms with Gasteiger partial charge in [0.25, 0.3) is 11.5 Å². The fourth-order valence-corrected chi connectivity index (χ4v) is 4.25. The minimum absolute atomic E-state index is 0.253. The molecule has 1 amide bonds. The lowest BCUT2D eigenvalue weighted by atomic mass is 10.2. The Kier molecular flexibility index (Phi) is 5.98. The number of nitrogens with one attached hydrogen (secondary N) is 1. The van der Waals surface area contributed by atoms with Crippen molar-refractivity contribution in [2.24, 2.45) is 0 Å². The van der Waals surface area contributed by atoms with Crippen LogP contribution in [0.1, 0.15) is 11.3 Å². The maximum atomic E-state index is 13.2. The number of hydrogen-bond donors (Lipinski definition) is 1. The lowest BCUT2D eigenvalue weighted by Crippen LogP contribution is -2.31. The number of amides is 1. The van der Waals surface area contributed by atoms with Crippen LogP contribution in [0.2, 0.25) is 0 Å². The minimum Gasteiger partial charge on any atom is -0.467 e. The molecule has 3 aromatic heterocycles. The maximum absolute atomic E-state index is 13.2. The number of carbonyl (C=O) groups is 1. The summed E-state index contributed by atoms with van der Waals surface area (Å²) in [6.45, 7) is 1.07. The Balaban J connectivity index is 1.75. The van der Waals surface area contributed by atoms with Crippen molar-refractivity contribution in [2.75, 3.05) is 25.6 Å². The van der Waals surface area contributed by atoms with E-state index < -0.39 is 0 Å². The molecule has 8 nitrogen and oxygen atoms in total. The van der Waals surface area contributed by atoms with Crippen LogP contribution in [-0.4, -0.2) is 44.8 Å². The summed E-state index contributed by atoms with van der Waals surface area (Å²) in [5.41, 5.74) is 0.483. The molecule has 1 aliphatic rings. The molecule has 4 heterocycles. The summed E-state index contributed by atoms with van der Waals surface area (Å²) >= 11 is 6.47. The van der Waals surface area contributed by atoms with Crippen LogP contribution < -0.4 is 10.9 Å². The normalized spacial score (nSPS) is 15.5. The van der Waals surface area contributed by atoms with Gasteiger partial charge in [-0.05, 0) is 30.3 Å². The van der Waals surface area contributed by atoms with Crippen LogP contribution in [0.25, 0.3) is 11.7 Å². The smallest absolute Gasteiger partial charge is 0.267 e. The quantitative estimate of drug-likeness (QED) is 0.441. The minimum atomic E-state index is -0.287. The molecule has 1 N–H and O–H groups in total. The molecule has 0 saturated carbocycles. The molecule has 0 bridgehead atoms. The zero-order valence-electron chi connectivity index (χ0n) is 16.0. The third-order valence-corrected chi connectivity index (χ3v) is 5.83. The van der Waals surface area contributed by atoms with Crippen LogP contribution in [0.4, 0.5) is 5.82 Å². The summed E-state index contributed by atoms with van der Waals surface area (Å²) in [7, 11) is 1.56. The monoisotopic (exact) mass is 442 g/mol. The summed E-state index contributed by atoms with van der Waals surface area (Å²) in [6, 6.07) is 8.90. The number of furan rings is 1. The Morgan fingerprint density at radius 3 is 2.93 bits per heavy atom. The zero-order chi connectivity index (χ0) is 21.1. The topological polar surface area (TPSA) is 89.1 Å². The van der Waals surface area contributed by atoms with E-state index in [4.69, 9.17) is 21.4 Å². The lowest BCUT2D eigenvalue weighted by Gasteiger charge is -2.13. The first kappa shape index (κ1) is 20.3. The fourth-order valence-electron chi connectivity index (χ4n) is 2.96. The molecule has 1 aliphatic heterocycles. The second kappa shape index (κ2) is 8.82. The van der Waals surface area contributed by atoms with Gasteiger partial charge in [-0.15, -0.1) is 0 Å². The number of ether oxygens (including phenoxy) is 1. The van der Waals surface area contributed by atoms with E-state index in [1.54, 1.807) is 49.9 Å². The molecule has 10 heteroatoms. The van der Waals surface area contributed by atoms with Crippen molar-refractivity contribution >= 4 is 51.7 Å². The van der Waals surface area contributed by atoms with Gasteiger partial charge in [0, 0.05) is 13.3 Å². The van der Waals surface area contributed by atoms with Crippen molar-refractivity contribution in [2.45, 2.75) is 6.54 Å². The average Bonchev–Trinajstić information content (AvgIpc) is 3.36. The molecule has 30 heavy (non-hydrogen) atoms. The van der Waals surface area contributed by atoms with Gasteiger partial charge in [-0.3, -0.25) is 18.9 Å². The summed E-state index contributed by atoms with van der Waals surface area (Å²) in [6.07, 6.45) is 4.76. The van der Waals surface area contributed by atoms with Gasteiger partial charge >= 0.3 is 0 Å². The van der Waals surface area contributed by atoms with E-state index in [2.05, 4.69) is 10.3 Å². The predicted molar refractivity (Wildman–Crippen MR) is 119 cm³/mol. The highest BCUT2D eigenvalue weighted by molar-refractivity contribution is 8.26. The second-order valence-electron chi connectivity index (χ2n) is 6.37. The molecule has 1 saturated heterocycles. The SMILES string of the molecule is COCCN1C(=O)C(=Cc2c(NCc3ccco3)nc3ccccn3c2=O)SC1=S. The second-order valence-corrected chi connectivity index (χ2v) is 8.04. The Labute approximate surface area is 181 Å². The van der Waals surface area contributed by atoms with Crippen LogP contribution in [0.5, 0.6) is 0 Å². The van der Waals surface area contributed by atoms with E-state index >= 15 is 0 Å². The summed E-state index contributed by atoms with van der Waals surface area (Å²) in [4.78, 5) is 32.4. The number of hydrogen-bond acceptors (Lipinski definition) is 8. The highest BCUT2D eigenvalue weighted by atomic mass is 32.2. The maximum Gasteiger partial charge on any atom is 0.267 e. The lowest BCUT2D eigenvalue weighted by molar-refractivity contribution is -0.122. The molecule has 0 atom stereocenters. The summed E-state index contributed by atoms with van der Waals surface area (Å²) in [5.74, 6) is 0.809. The molecule has 0 radical (unpaired) electrons. The van der Waals surface area contributed by atoms with Crippen LogP contribution in [0.15, 0.2) is 56.9 Å². The molecule has 0 spiro atoms. The van der Waals surface area contributed by atoms with Gasteiger partial charge in [-0.2, -0.15) is 0 Å². The highest BCUT2D eigenvalue weighted by Gasteiger charge is 2.32. The van der Waals surface area contributed by atoms with Crippen molar-refractivity contribution in [3.8, 4) is 0 Å². The number of methoxy groups -OCH3 is 1. The van der Waals surface area contributed by atoms with Crippen LogP contribution in [0, 0.1) is 0 Å². The van der Waals surface area contributed by atoms with Crippen molar-refractivity contribution in [3.63, 3.8) is 0 Å². The van der Waals surface area contributed by atoms with Gasteiger partial charge < -0.3 is 14.5 Å². The fraction of sp³-hybridized carbons (Fsp3) is 0.200. The summed E-state index contributed by atoms with van der Waals surface area (Å²) < 4.78 is 12.3. The third kappa shape index (κ3) is 4.02. The Bertz CT molecular complexity index is 1190. The number of aromatic nitrogens is 2. The zero-order valence-corrected chi connectivity index (χ0v) is 17.7. The number of thiocarbonyl (C=S) groups is 1. The number of nitrogens with zero attached hydrogens (tertiary/aromatic N) is 3. The average molecular weight is 443 g/mol. The van der Waals surface area contributed by atoms with Gasteiger partial charge in [0.05, 0.1) is 36.4 Å². The van der Waals surface area contributed by atoms with Crippen molar-refractivity contribution in [3.05, 3.63) is 69.4 Å². The van der Waals surface area contributed by atoms with E-state index in [1.807, 2.05) is 6.07 Å². The Morgan fingerprint density at radius 2 is 2.17 bits per heavy atom. The number of pyridine rings is 1. The van der Waals surface area contributed by atoms with Crippen molar-refractivity contribution in [1.29, 1.82) is 0 Å². The van der Waals surface area contributed by atoms with E-state index in [9.17, 15) is 9.59 Å². The molecule has 0 aromatic carbocycles.